The summed E-state index contributed by atoms with van der Waals surface area (Å²) in [6.45, 7) is 5.92. The van der Waals surface area contributed by atoms with E-state index in [1.165, 1.54) is 11.3 Å². The average molecular weight is 401 g/mol. The molecule has 2 aromatic rings. The van der Waals surface area contributed by atoms with Crippen LogP contribution >= 0.6 is 12.4 Å². The summed E-state index contributed by atoms with van der Waals surface area (Å²) >= 11 is 0. The van der Waals surface area contributed by atoms with Gasteiger partial charge in [0.1, 0.15) is 0 Å². The highest BCUT2D eigenvalue weighted by molar-refractivity contribution is 5.87. The third-order valence-corrected chi connectivity index (χ3v) is 7.32. The molecule has 0 radical (unpaired) electrons. The van der Waals surface area contributed by atoms with Gasteiger partial charge in [-0.3, -0.25) is 9.89 Å². The second kappa shape index (κ2) is 7.20. The van der Waals surface area contributed by atoms with Crippen molar-refractivity contribution in [2.24, 2.45) is 10.8 Å². The Bertz CT molecular complexity index is 859. The number of carbonyl (C=O) groups excluding carboxylic acids is 1. The van der Waals surface area contributed by atoms with Crippen LogP contribution in [0.15, 0.2) is 30.3 Å². The summed E-state index contributed by atoms with van der Waals surface area (Å²) in [6.07, 6.45) is 5.10. The number of benzene rings is 1. The average Bonchev–Trinajstić information content (AvgIpc) is 3.16. The van der Waals surface area contributed by atoms with Crippen molar-refractivity contribution in [3.63, 3.8) is 0 Å². The fourth-order valence-corrected chi connectivity index (χ4v) is 5.44. The van der Waals surface area contributed by atoms with Gasteiger partial charge in [0.2, 0.25) is 5.91 Å². The lowest BCUT2D eigenvalue weighted by Gasteiger charge is -2.31. The van der Waals surface area contributed by atoms with Gasteiger partial charge in [0, 0.05) is 36.3 Å². The molecule has 1 saturated carbocycles. The molecule has 1 aliphatic carbocycles. The number of H-pyrrole nitrogens is 1. The molecular formula is C22H29ClN4O. The fraction of sp³-hybridized carbons (Fsp3) is 0.545. The van der Waals surface area contributed by atoms with E-state index in [-0.39, 0.29) is 23.2 Å². The van der Waals surface area contributed by atoms with Gasteiger partial charge < -0.3 is 10.2 Å². The van der Waals surface area contributed by atoms with Crippen molar-refractivity contribution < 1.29 is 4.79 Å². The number of aromatic nitrogens is 2. The van der Waals surface area contributed by atoms with E-state index in [9.17, 15) is 4.79 Å². The topological polar surface area (TPSA) is 61.0 Å². The standard InChI is InChI=1S/C22H28N4O.ClH/c1-21(15-22(21)9-11-23-12-10-22)20(27)26-13-7-17-18(8-14-26)24-25-19(17)16-5-3-2-4-6-16;/h2-6,23H,7-15H2,1H3,(H,24,25);1H. The zero-order chi connectivity index (χ0) is 18.5. The van der Waals surface area contributed by atoms with Crippen molar-refractivity contribution in [2.45, 2.75) is 39.0 Å². The van der Waals surface area contributed by atoms with Gasteiger partial charge in [-0.15, -0.1) is 12.4 Å². The summed E-state index contributed by atoms with van der Waals surface area (Å²) in [5.74, 6) is 0.378. The van der Waals surface area contributed by atoms with E-state index in [1.807, 2.05) is 6.07 Å². The molecule has 3 aliphatic rings. The minimum atomic E-state index is -0.145. The van der Waals surface area contributed by atoms with E-state index >= 15 is 0 Å². The molecule has 1 saturated heterocycles. The molecular weight excluding hydrogens is 372 g/mol. The highest BCUT2D eigenvalue weighted by Gasteiger charge is 2.68. The second-order valence-electron chi connectivity index (χ2n) is 8.73. The normalized spacial score (nSPS) is 25.5. The number of piperidine rings is 1. The molecule has 150 valence electrons. The number of aromatic amines is 1. The van der Waals surface area contributed by atoms with Gasteiger partial charge in [-0.1, -0.05) is 37.3 Å². The Morgan fingerprint density at radius 3 is 2.57 bits per heavy atom. The van der Waals surface area contributed by atoms with Crippen molar-refractivity contribution in [1.29, 1.82) is 0 Å². The van der Waals surface area contributed by atoms with Crippen LogP contribution in [0.25, 0.3) is 11.3 Å². The number of halogens is 1. The number of fused-ring (bicyclic) bond motifs is 1. The minimum Gasteiger partial charge on any atom is -0.341 e. The number of rotatable bonds is 2. The molecule has 2 fully saturated rings. The number of nitrogens with zero attached hydrogens (tertiary/aromatic N) is 2. The smallest absolute Gasteiger partial charge is 0.229 e. The first-order valence-electron chi connectivity index (χ1n) is 10.2. The second-order valence-corrected chi connectivity index (χ2v) is 8.73. The Hall–Kier alpha value is -1.85. The number of amides is 1. The molecule has 28 heavy (non-hydrogen) atoms. The van der Waals surface area contributed by atoms with Crippen LogP contribution in [0.1, 0.15) is 37.4 Å². The lowest BCUT2D eigenvalue weighted by Crippen LogP contribution is -2.42. The molecule has 6 heteroatoms. The molecule has 2 aliphatic heterocycles. The summed E-state index contributed by atoms with van der Waals surface area (Å²) in [6, 6.07) is 10.3. The van der Waals surface area contributed by atoms with Crippen LogP contribution in [0.4, 0.5) is 0 Å². The summed E-state index contributed by atoms with van der Waals surface area (Å²) < 4.78 is 0. The maximum atomic E-state index is 13.4. The van der Waals surface area contributed by atoms with Gasteiger partial charge in [0.15, 0.2) is 0 Å². The quantitative estimate of drug-likeness (QED) is 0.813. The van der Waals surface area contributed by atoms with Crippen molar-refractivity contribution in [3.05, 3.63) is 41.6 Å². The predicted molar refractivity (Wildman–Crippen MR) is 113 cm³/mol. The van der Waals surface area contributed by atoms with Gasteiger partial charge in [-0.25, -0.2) is 0 Å². The molecule has 2 N–H and O–H groups in total. The molecule has 1 atom stereocenters. The third kappa shape index (κ3) is 2.96. The van der Waals surface area contributed by atoms with Crippen molar-refractivity contribution >= 4 is 18.3 Å². The van der Waals surface area contributed by atoms with E-state index in [0.29, 0.717) is 5.91 Å². The first-order valence-corrected chi connectivity index (χ1v) is 10.2. The lowest BCUT2D eigenvalue weighted by molar-refractivity contribution is -0.138. The fourth-order valence-electron chi connectivity index (χ4n) is 5.44. The highest BCUT2D eigenvalue weighted by Crippen LogP contribution is 2.69. The summed E-state index contributed by atoms with van der Waals surface area (Å²) in [5.41, 5.74) is 4.79. The minimum absolute atomic E-state index is 0. The van der Waals surface area contributed by atoms with Crippen LogP contribution in [0.3, 0.4) is 0 Å². The maximum absolute atomic E-state index is 13.4. The highest BCUT2D eigenvalue weighted by atomic mass is 35.5. The number of carbonyl (C=O) groups is 1. The lowest BCUT2D eigenvalue weighted by atomic mass is 9.85. The number of hydrogen-bond donors (Lipinski definition) is 2. The van der Waals surface area contributed by atoms with Crippen LogP contribution < -0.4 is 5.32 Å². The Balaban J connectivity index is 0.00000192. The molecule has 1 aromatic carbocycles. The molecule has 1 aromatic heterocycles. The number of hydrogen-bond acceptors (Lipinski definition) is 3. The van der Waals surface area contributed by atoms with Crippen LogP contribution in [0, 0.1) is 10.8 Å². The first kappa shape index (κ1) is 19.5. The monoisotopic (exact) mass is 400 g/mol. The van der Waals surface area contributed by atoms with Crippen LogP contribution in [0.2, 0.25) is 0 Å². The van der Waals surface area contributed by atoms with E-state index in [0.717, 1.165) is 69.5 Å². The largest absolute Gasteiger partial charge is 0.341 e. The van der Waals surface area contributed by atoms with Crippen LogP contribution in [-0.2, 0) is 17.6 Å². The van der Waals surface area contributed by atoms with Crippen molar-refractivity contribution in [3.8, 4) is 11.3 Å². The summed E-state index contributed by atoms with van der Waals surface area (Å²) in [7, 11) is 0. The molecule has 1 amide bonds. The van der Waals surface area contributed by atoms with Gasteiger partial charge in [0.25, 0.3) is 0 Å². The Labute approximate surface area is 172 Å². The predicted octanol–water partition coefficient (Wildman–Crippen LogP) is 3.21. The molecule has 0 bridgehead atoms. The van der Waals surface area contributed by atoms with E-state index in [1.54, 1.807) is 0 Å². The zero-order valence-corrected chi connectivity index (χ0v) is 17.3. The maximum Gasteiger partial charge on any atom is 0.229 e. The molecule has 3 heterocycles. The van der Waals surface area contributed by atoms with E-state index in [2.05, 4.69) is 51.6 Å². The first-order chi connectivity index (χ1) is 13.1. The van der Waals surface area contributed by atoms with Crippen LogP contribution in [-0.4, -0.2) is 47.2 Å². The van der Waals surface area contributed by atoms with E-state index < -0.39 is 0 Å². The summed E-state index contributed by atoms with van der Waals surface area (Å²) in [5, 5.41) is 11.3. The van der Waals surface area contributed by atoms with Gasteiger partial charge in [0.05, 0.1) is 11.1 Å². The Kier molecular flexibility index (Phi) is 5.00. The van der Waals surface area contributed by atoms with Gasteiger partial charge in [-0.05, 0) is 44.2 Å². The van der Waals surface area contributed by atoms with E-state index in [4.69, 9.17) is 0 Å². The Morgan fingerprint density at radius 1 is 1.11 bits per heavy atom. The van der Waals surface area contributed by atoms with Crippen LogP contribution in [0.5, 0.6) is 0 Å². The molecule has 5 nitrogen and oxygen atoms in total. The van der Waals surface area contributed by atoms with Gasteiger partial charge >= 0.3 is 0 Å². The number of nitrogens with one attached hydrogen (secondary N) is 2. The van der Waals surface area contributed by atoms with Crippen molar-refractivity contribution in [2.75, 3.05) is 26.2 Å². The summed E-state index contributed by atoms with van der Waals surface area (Å²) in [4.78, 5) is 15.5. The van der Waals surface area contributed by atoms with Gasteiger partial charge in [-0.2, -0.15) is 5.10 Å². The molecule has 5 rings (SSSR count). The Morgan fingerprint density at radius 2 is 1.82 bits per heavy atom. The zero-order valence-electron chi connectivity index (χ0n) is 16.5. The molecule has 1 unspecified atom stereocenters. The molecule has 1 spiro atoms. The third-order valence-electron chi connectivity index (χ3n) is 7.32. The van der Waals surface area contributed by atoms with Crippen molar-refractivity contribution in [1.82, 2.24) is 20.4 Å². The SMILES string of the molecule is CC1(C(=O)N2CCc3[nH]nc(-c4ccccc4)c3CC2)CC12CCNCC2.Cl.